The highest BCUT2D eigenvalue weighted by molar-refractivity contribution is 7.09. The zero-order chi connectivity index (χ0) is 31.6. The van der Waals surface area contributed by atoms with Crippen LogP contribution in [0.2, 0.25) is 0 Å². The molecular formula is C35H39N5O4S. The minimum absolute atomic E-state index is 0.0127. The summed E-state index contributed by atoms with van der Waals surface area (Å²) in [7, 11) is 1.65. The summed E-state index contributed by atoms with van der Waals surface area (Å²) >= 11 is 1.48. The molecule has 1 aliphatic heterocycles. The highest BCUT2D eigenvalue weighted by Gasteiger charge is 2.25. The van der Waals surface area contributed by atoms with Crippen molar-refractivity contribution in [3.63, 3.8) is 0 Å². The molecule has 1 saturated heterocycles. The van der Waals surface area contributed by atoms with Crippen molar-refractivity contribution in [2.24, 2.45) is 0 Å². The second kappa shape index (κ2) is 15.5. The second-order valence-corrected chi connectivity index (χ2v) is 12.1. The minimum atomic E-state index is -0.326. The van der Waals surface area contributed by atoms with Crippen molar-refractivity contribution in [3.8, 4) is 5.75 Å². The van der Waals surface area contributed by atoms with Gasteiger partial charge in [0.15, 0.2) is 0 Å². The van der Waals surface area contributed by atoms with Crippen LogP contribution in [0.1, 0.15) is 61.8 Å². The second-order valence-electron chi connectivity index (χ2n) is 11.2. The number of aromatic nitrogens is 1. The number of carbonyl (C=O) groups is 3. The third kappa shape index (κ3) is 8.99. The summed E-state index contributed by atoms with van der Waals surface area (Å²) in [5, 5.41) is 12.3. The Morgan fingerprint density at radius 1 is 0.978 bits per heavy atom. The Kier molecular flexibility index (Phi) is 10.9. The predicted molar refractivity (Wildman–Crippen MR) is 177 cm³/mol. The average molecular weight is 626 g/mol. The van der Waals surface area contributed by atoms with E-state index in [2.05, 4.69) is 33.1 Å². The van der Waals surface area contributed by atoms with Gasteiger partial charge in [0.1, 0.15) is 10.8 Å². The molecule has 10 heteroatoms. The molecule has 0 radical (unpaired) electrons. The van der Waals surface area contributed by atoms with Gasteiger partial charge in [-0.2, -0.15) is 0 Å². The van der Waals surface area contributed by atoms with E-state index in [1.165, 1.54) is 11.3 Å². The Morgan fingerprint density at radius 2 is 1.76 bits per heavy atom. The van der Waals surface area contributed by atoms with Gasteiger partial charge in [0.05, 0.1) is 13.7 Å². The number of thiazole rings is 1. The fourth-order valence-corrected chi connectivity index (χ4v) is 6.09. The van der Waals surface area contributed by atoms with Crippen molar-refractivity contribution < 1.29 is 19.1 Å². The van der Waals surface area contributed by atoms with Gasteiger partial charge in [0.25, 0.3) is 11.8 Å². The van der Waals surface area contributed by atoms with Gasteiger partial charge >= 0.3 is 0 Å². The third-order valence-corrected chi connectivity index (χ3v) is 8.65. The van der Waals surface area contributed by atoms with Gasteiger partial charge in [-0.1, -0.05) is 42.5 Å². The predicted octanol–water partition coefficient (Wildman–Crippen LogP) is 5.04. The van der Waals surface area contributed by atoms with Crippen molar-refractivity contribution in [1.29, 1.82) is 0 Å². The maximum Gasteiger partial charge on any atom is 0.251 e. The van der Waals surface area contributed by atoms with E-state index in [1.807, 2.05) is 54.8 Å². The monoisotopic (exact) mass is 625 g/mol. The molecule has 4 aromatic rings. The van der Waals surface area contributed by atoms with E-state index in [0.717, 1.165) is 34.0 Å². The van der Waals surface area contributed by atoms with E-state index in [1.54, 1.807) is 30.2 Å². The number of amides is 3. The van der Waals surface area contributed by atoms with Crippen LogP contribution in [-0.4, -0.2) is 48.9 Å². The van der Waals surface area contributed by atoms with Crippen molar-refractivity contribution in [2.75, 3.05) is 25.1 Å². The lowest BCUT2D eigenvalue weighted by molar-refractivity contribution is -0.117. The van der Waals surface area contributed by atoms with Crippen LogP contribution >= 0.6 is 11.3 Å². The molecule has 2 heterocycles. The fraction of sp³-hybridized carbons (Fsp3) is 0.314. The number of rotatable bonds is 14. The first-order valence-electron chi connectivity index (χ1n) is 15.2. The van der Waals surface area contributed by atoms with Crippen LogP contribution in [-0.2, 0) is 24.3 Å². The highest BCUT2D eigenvalue weighted by Crippen LogP contribution is 2.25. The maximum absolute atomic E-state index is 13.8. The van der Waals surface area contributed by atoms with E-state index >= 15 is 0 Å². The summed E-state index contributed by atoms with van der Waals surface area (Å²) in [6, 6.07) is 22.8. The summed E-state index contributed by atoms with van der Waals surface area (Å²) in [6.07, 6.45) is 2.53. The van der Waals surface area contributed by atoms with Gasteiger partial charge in [-0.3, -0.25) is 14.4 Å². The van der Waals surface area contributed by atoms with Crippen LogP contribution < -0.4 is 25.6 Å². The molecule has 0 aliphatic carbocycles. The van der Waals surface area contributed by atoms with Gasteiger partial charge in [0.2, 0.25) is 5.91 Å². The summed E-state index contributed by atoms with van der Waals surface area (Å²) in [5.74, 6) is 0.184. The number of ether oxygens (including phenoxy) is 1. The van der Waals surface area contributed by atoms with Gasteiger partial charge < -0.3 is 25.6 Å². The molecule has 0 spiro atoms. The fourth-order valence-electron chi connectivity index (χ4n) is 5.38. The Labute approximate surface area is 268 Å². The first-order chi connectivity index (χ1) is 21.9. The molecule has 1 atom stereocenters. The normalized spacial score (nSPS) is 13.5. The molecule has 45 heavy (non-hydrogen) atoms. The number of hydrogen-bond donors (Lipinski definition) is 3. The van der Waals surface area contributed by atoms with E-state index in [9.17, 15) is 14.4 Å². The van der Waals surface area contributed by atoms with Crippen LogP contribution in [0.5, 0.6) is 5.75 Å². The molecule has 9 nitrogen and oxygen atoms in total. The molecule has 0 saturated carbocycles. The topological polar surface area (TPSA) is 113 Å². The molecule has 5 rings (SSSR count). The summed E-state index contributed by atoms with van der Waals surface area (Å²) in [6.45, 7) is 4.10. The molecule has 3 amide bonds. The first-order valence-corrected chi connectivity index (χ1v) is 16.1. The number of carbonyl (C=O) groups excluding carboxylic acids is 3. The van der Waals surface area contributed by atoms with Crippen molar-refractivity contribution in [3.05, 3.63) is 111 Å². The lowest BCUT2D eigenvalue weighted by Crippen LogP contribution is -2.39. The lowest BCUT2D eigenvalue weighted by Gasteiger charge is -2.21. The van der Waals surface area contributed by atoms with E-state index in [4.69, 9.17) is 4.74 Å². The summed E-state index contributed by atoms with van der Waals surface area (Å²) < 4.78 is 5.33. The van der Waals surface area contributed by atoms with Crippen molar-refractivity contribution >= 4 is 34.7 Å². The van der Waals surface area contributed by atoms with Crippen LogP contribution in [0.4, 0.5) is 5.69 Å². The smallest absolute Gasteiger partial charge is 0.251 e. The minimum Gasteiger partial charge on any atom is -0.497 e. The van der Waals surface area contributed by atoms with Crippen molar-refractivity contribution in [1.82, 2.24) is 20.9 Å². The number of nitrogens with one attached hydrogen (secondary N) is 3. The number of anilines is 1. The average Bonchev–Trinajstić information content (AvgIpc) is 3.69. The SMILES string of the molecule is COc1cccc(CNCC[C@H](Cc2ccccc2)NC(=O)c2cc(C(=O)NCc3nc(C)cs3)cc(N3CCCC3=O)c2)c1. The Bertz CT molecular complexity index is 1620. The Hall–Kier alpha value is -4.54. The van der Waals surface area contributed by atoms with Crippen LogP contribution in [0.3, 0.4) is 0 Å². The summed E-state index contributed by atoms with van der Waals surface area (Å²) in [4.78, 5) is 45.7. The number of benzene rings is 3. The molecule has 0 unspecified atom stereocenters. The third-order valence-electron chi connectivity index (χ3n) is 7.69. The zero-order valence-corrected chi connectivity index (χ0v) is 26.5. The number of nitrogens with zero attached hydrogens (tertiary/aromatic N) is 2. The van der Waals surface area contributed by atoms with Crippen LogP contribution in [0, 0.1) is 6.92 Å². The van der Waals surface area contributed by atoms with Gasteiger partial charge in [-0.15, -0.1) is 11.3 Å². The molecule has 3 aromatic carbocycles. The van der Waals surface area contributed by atoms with E-state index in [0.29, 0.717) is 55.7 Å². The molecule has 0 bridgehead atoms. The zero-order valence-electron chi connectivity index (χ0n) is 25.7. The van der Waals surface area contributed by atoms with Crippen molar-refractivity contribution in [2.45, 2.75) is 51.7 Å². The Balaban J connectivity index is 1.31. The molecule has 234 valence electrons. The van der Waals surface area contributed by atoms with E-state index < -0.39 is 0 Å². The summed E-state index contributed by atoms with van der Waals surface area (Å²) in [5.41, 5.74) is 4.35. The maximum atomic E-state index is 13.8. The lowest BCUT2D eigenvalue weighted by atomic mass is 10.0. The van der Waals surface area contributed by atoms with Crippen LogP contribution in [0.25, 0.3) is 0 Å². The molecule has 3 N–H and O–H groups in total. The molecule has 1 aliphatic rings. The number of hydrogen-bond acceptors (Lipinski definition) is 7. The standard InChI is InChI=1S/C35H39N5O4S/c1-24-23-45-32(38-24)22-37-34(42)27-18-28(20-30(19-27)40-15-7-12-33(40)41)35(43)39-29(16-25-8-4-3-5-9-25)13-14-36-21-26-10-6-11-31(17-26)44-2/h3-6,8-11,17-20,23,29,36H,7,12-16,21-22H2,1-2H3,(H,37,42)(H,39,43)/t29-/m1/s1. The van der Waals surface area contributed by atoms with Gasteiger partial charge in [-0.05, 0) is 74.2 Å². The van der Waals surface area contributed by atoms with Gasteiger partial charge in [0, 0.05) is 53.4 Å². The Morgan fingerprint density at radius 3 is 2.47 bits per heavy atom. The molecule has 1 fully saturated rings. The van der Waals surface area contributed by atoms with Crippen LogP contribution in [0.15, 0.2) is 78.2 Å². The molecule has 1 aromatic heterocycles. The van der Waals surface area contributed by atoms with E-state index in [-0.39, 0.29) is 30.3 Å². The molecular weight excluding hydrogens is 586 g/mol. The number of methoxy groups -OCH3 is 1. The number of aryl methyl sites for hydroxylation is 1. The first kappa shape index (κ1) is 31.9. The quantitative estimate of drug-likeness (QED) is 0.169. The largest absolute Gasteiger partial charge is 0.497 e. The van der Waals surface area contributed by atoms with Gasteiger partial charge in [-0.25, -0.2) is 4.98 Å². The highest BCUT2D eigenvalue weighted by atomic mass is 32.1.